The first-order valence-corrected chi connectivity index (χ1v) is 15.8. The summed E-state index contributed by atoms with van der Waals surface area (Å²) in [5.41, 5.74) is 4.84. The van der Waals surface area contributed by atoms with Crippen molar-refractivity contribution in [3.8, 4) is 22.6 Å². The number of ether oxygens (including phenoxy) is 1. The van der Waals surface area contributed by atoms with Crippen LogP contribution in [-0.2, 0) is 27.3 Å². The standard InChI is InChI=1S/C35H41N3O8/c1-38(2)29-23-15-18-14-22-20(21-13-17(9-12-25(21)46-3)16-37-19-7-5-4-6-8-19)10-11-24(39)27(22)30(40)26(18)32(42)35(23,45)33(43)28(31(29)41)34(36)44/h9-13,18-19,23,29,37,39-40,43,45H,4-8,14-16H2,1-3H3,(H2,36,44)/t18-,23-,29?,35-/m0/s1. The minimum absolute atomic E-state index is 0.0172. The highest BCUT2D eigenvalue weighted by molar-refractivity contribution is 6.24. The number of benzene rings is 2. The summed E-state index contributed by atoms with van der Waals surface area (Å²) in [4.78, 5) is 41.3. The number of nitrogens with zero attached hydrogens (tertiary/aromatic N) is 1. The summed E-state index contributed by atoms with van der Waals surface area (Å²) in [6.45, 7) is 0.666. The van der Waals surface area contributed by atoms with Crippen LogP contribution < -0.4 is 15.8 Å². The molecule has 2 fully saturated rings. The molecule has 0 saturated heterocycles. The Morgan fingerprint density at radius 1 is 1.07 bits per heavy atom. The van der Waals surface area contributed by atoms with Crippen molar-refractivity contribution in [1.82, 2.24) is 10.2 Å². The smallest absolute Gasteiger partial charge is 0.255 e. The van der Waals surface area contributed by atoms with E-state index in [0.717, 1.165) is 24.0 Å². The summed E-state index contributed by atoms with van der Waals surface area (Å²) in [7, 11) is 4.72. The zero-order valence-corrected chi connectivity index (χ0v) is 26.3. The quantitative estimate of drug-likeness (QED) is 0.249. The molecule has 244 valence electrons. The highest BCUT2D eigenvalue weighted by Gasteiger charge is 2.64. The molecule has 4 atom stereocenters. The Morgan fingerprint density at radius 2 is 1.78 bits per heavy atom. The van der Waals surface area contributed by atoms with Crippen LogP contribution in [0.25, 0.3) is 16.9 Å². The number of amides is 1. The molecule has 0 heterocycles. The molecule has 7 N–H and O–H groups in total. The third-order valence-corrected chi connectivity index (χ3v) is 10.4. The van der Waals surface area contributed by atoms with Gasteiger partial charge in [0.05, 0.1) is 18.7 Å². The van der Waals surface area contributed by atoms with Gasteiger partial charge in [-0.1, -0.05) is 31.4 Å². The summed E-state index contributed by atoms with van der Waals surface area (Å²) >= 11 is 0. The summed E-state index contributed by atoms with van der Waals surface area (Å²) in [5.74, 6) is -6.21. The normalized spacial score (nSPS) is 26.6. The van der Waals surface area contributed by atoms with Crippen molar-refractivity contribution in [3.05, 3.63) is 63.9 Å². The zero-order valence-electron chi connectivity index (χ0n) is 26.3. The first-order valence-electron chi connectivity index (χ1n) is 15.8. The Kier molecular flexibility index (Phi) is 8.20. The topological polar surface area (TPSA) is 183 Å². The number of aliphatic hydroxyl groups excluding tert-OH is 2. The number of carbonyl (C=O) groups is 3. The fourth-order valence-corrected chi connectivity index (χ4v) is 8.14. The first kappa shape index (κ1) is 31.8. The van der Waals surface area contributed by atoms with Crippen molar-refractivity contribution in [2.24, 2.45) is 17.6 Å². The SMILES string of the molecule is COc1ccc(CNC2CCCCC2)cc1-c1ccc(O)c2c1C[C@H]1C[C@H]3C(N(C)C)C(=O)C(C(N)=O)=C(O)[C@@]3(O)C(=O)C1=C2O. The van der Waals surface area contributed by atoms with Crippen molar-refractivity contribution in [2.75, 3.05) is 21.2 Å². The molecule has 0 spiro atoms. The zero-order chi connectivity index (χ0) is 33.1. The van der Waals surface area contributed by atoms with E-state index in [4.69, 9.17) is 10.5 Å². The molecular weight excluding hydrogens is 590 g/mol. The van der Waals surface area contributed by atoms with Gasteiger partial charge >= 0.3 is 0 Å². The molecule has 4 aliphatic rings. The number of hydrogen-bond donors (Lipinski definition) is 6. The average molecular weight is 632 g/mol. The van der Waals surface area contributed by atoms with Crippen molar-refractivity contribution in [1.29, 1.82) is 0 Å². The third-order valence-electron chi connectivity index (χ3n) is 10.4. The summed E-state index contributed by atoms with van der Waals surface area (Å²) in [5, 5.41) is 49.3. The van der Waals surface area contributed by atoms with Crippen LogP contribution in [0.1, 0.15) is 55.2 Å². The van der Waals surface area contributed by atoms with Gasteiger partial charge in [-0.3, -0.25) is 19.3 Å². The Bertz CT molecular complexity index is 1690. The lowest BCUT2D eigenvalue weighted by Crippen LogP contribution is -2.65. The fraction of sp³-hybridized carbons (Fsp3) is 0.457. The van der Waals surface area contributed by atoms with Crippen molar-refractivity contribution < 1.29 is 39.5 Å². The number of aromatic hydroxyl groups is 1. The van der Waals surface area contributed by atoms with Crippen LogP contribution in [0.4, 0.5) is 0 Å². The molecule has 4 aliphatic carbocycles. The molecule has 1 unspecified atom stereocenters. The Labute approximate surface area is 267 Å². The maximum Gasteiger partial charge on any atom is 0.255 e. The summed E-state index contributed by atoms with van der Waals surface area (Å²) < 4.78 is 5.74. The van der Waals surface area contributed by atoms with Crippen LogP contribution in [0.2, 0.25) is 0 Å². The fourth-order valence-electron chi connectivity index (χ4n) is 8.14. The van der Waals surface area contributed by atoms with E-state index >= 15 is 0 Å². The van der Waals surface area contributed by atoms with Crippen molar-refractivity contribution >= 4 is 23.2 Å². The van der Waals surface area contributed by atoms with E-state index in [0.29, 0.717) is 29.5 Å². The minimum Gasteiger partial charge on any atom is -0.508 e. The predicted molar refractivity (Wildman–Crippen MR) is 170 cm³/mol. The Balaban J connectivity index is 1.46. The number of rotatable bonds is 7. The number of hydrogen-bond acceptors (Lipinski definition) is 10. The second-order valence-corrected chi connectivity index (χ2v) is 13.2. The second kappa shape index (κ2) is 11.9. The van der Waals surface area contributed by atoms with Gasteiger partial charge in [0.15, 0.2) is 11.4 Å². The molecule has 2 saturated carbocycles. The van der Waals surface area contributed by atoms with Gasteiger partial charge in [-0.05, 0) is 80.6 Å². The molecule has 0 aromatic heterocycles. The van der Waals surface area contributed by atoms with Gasteiger partial charge < -0.3 is 36.2 Å². The van der Waals surface area contributed by atoms with E-state index in [9.17, 15) is 34.8 Å². The third kappa shape index (κ3) is 4.88. The number of aliphatic hydroxyl groups is 3. The average Bonchev–Trinajstić information content (AvgIpc) is 3.02. The first-order chi connectivity index (χ1) is 21.9. The van der Waals surface area contributed by atoms with Crippen LogP contribution >= 0.6 is 0 Å². The molecule has 1 amide bonds. The van der Waals surface area contributed by atoms with Gasteiger partial charge in [-0.2, -0.15) is 0 Å². The van der Waals surface area contributed by atoms with Gasteiger partial charge in [-0.15, -0.1) is 0 Å². The lowest BCUT2D eigenvalue weighted by molar-refractivity contribution is -0.153. The maximum absolute atomic E-state index is 14.2. The predicted octanol–water partition coefficient (Wildman–Crippen LogP) is 3.06. The van der Waals surface area contributed by atoms with E-state index in [-0.39, 0.29) is 29.7 Å². The van der Waals surface area contributed by atoms with Crippen LogP contribution in [0.3, 0.4) is 0 Å². The van der Waals surface area contributed by atoms with Gasteiger partial charge in [0, 0.05) is 29.6 Å². The minimum atomic E-state index is -2.68. The van der Waals surface area contributed by atoms with Gasteiger partial charge in [0.1, 0.15) is 28.6 Å². The molecule has 0 radical (unpaired) electrons. The highest BCUT2D eigenvalue weighted by atomic mass is 16.5. The Hall–Kier alpha value is -4.19. The van der Waals surface area contributed by atoms with Crippen molar-refractivity contribution in [3.63, 3.8) is 0 Å². The number of nitrogens with two attached hydrogens (primary N) is 1. The molecule has 2 aromatic carbocycles. The van der Waals surface area contributed by atoms with Crippen molar-refractivity contribution in [2.45, 2.75) is 69.2 Å². The molecule has 11 heteroatoms. The van der Waals surface area contributed by atoms with Crippen LogP contribution in [0, 0.1) is 11.8 Å². The number of methoxy groups -OCH3 is 1. The summed E-state index contributed by atoms with van der Waals surface area (Å²) in [6.07, 6.45) is 6.21. The lowest BCUT2D eigenvalue weighted by Gasteiger charge is -2.50. The number of fused-ring (bicyclic) bond motifs is 3. The van der Waals surface area contributed by atoms with Crippen LogP contribution in [-0.4, -0.2) is 81.7 Å². The largest absolute Gasteiger partial charge is 0.508 e. The molecule has 2 aromatic rings. The van der Waals surface area contributed by atoms with Gasteiger partial charge in [-0.25, -0.2) is 0 Å². The highest BCUT2D eigenvalue weighted by Crippen LogP contribution is 2.54. The second-order valence-electron chi connectivity index (χ2n) is 13.2. The lowest BCUT2D eigenvalue weighted by atomic mass is 9.57. The number of ketones is 2. The molecule has 46 heavy (non-hydrogen) atoms. The molecule has 0 aliphatic heterocycles. The molecular formula is C35H41N3O8. The van der Waals surface area contributed by atoms with E-state index in [1.807, 2.05) is 18.2 Å². The number of Topliss-reactive ketones (excluding diaryl/α,β-unsaturated/α-hetero) is 2. The number of likely N-dealkylation sites (N-methyl/N-ethyl adjacent to an activating group) is 1. The van der Waals surface area contributed by atoms with Crippen LogP contribution in [0.15, 0.2) is 47.2 Å². The Morgan fingerprint density at radius 3 is 2.43 bits per heavy atom. The van der Waals surface area contributed by atoms with E-state index in [1.165, 1.54) is 30.2 Å². The maximum atomic E-state index is 14.2. The number of primary amides is 1. The van der Waals surface area contributed by atoms with Gasteiger partial charge in [0.2, 0.25) is 5.78 Å². The number of carbonyl (C=O) groups excluding carboxylic acids is 3. The van der Waals surface area contributed by atoms with E-state index < -0.39 is 58.0 Å². The molecule has 6 rings (SSSR count). The van der Waals surface area contributed by atoms with Crippen LogP contribution in [0.5, 0.6) is 11.5 Å². The number of nitrogens with one attached hydrogen (secondary N) is 1. The van der Waals surface area contributed by atoms with Gasteiger partial charge in [0.25, 0.3) is 5.91 Å². The molecule has 0 bridgehead atoms. The summed E-state index contributed by atoms with van der Waals surface area (Å²) in [6, 6.07) is 8.43. The monoisotopic (exact) mass is 631 g/mol. The van der Waals surface area contributed by atoms with E-state index in [2.05, 4.69) is 5.32 Å². The number of phenolic OH excluding ortho intramolecular Hbond substituents is 1. The van der Waals surface area contributed by atoms with E-state index in [1.54, 1.807) is 27.3 Å². The number of phenols is 1. The molecule has 11 nitrogen and oxygen atoms in total.